The summed E-state index contributed by atoms with van der Waals surface area (Å²) < 4.78 is 13.1. The molecular formula is C12H8ClFN4S. The molecule has 1 aromatic carbocycles. The van der Waals surface area contributed by atoms with Gasteiger partial charge in [0.2, 0.25) is 0 Å². The second kappa shape index (κ2) is 4.64. The Balaban J connectivity index is 2.22. The van der Waals surface area contributed by atoms with Crippen LogP contribution in [0.3, 0.4) is 0 Å². The molecule has 0 saturated heterocycles. The first kappa shape index (κ1) is 12.1. The molecule has 0 fully saturated rings. The maximum atomic E-state index is 13.1. The van der Waals surface area contributed by atoms with Gasteiger partial charge in [-0.25, -0.2) is 4.39 Å². The average Bonchev–Trinajstić information content (AvgIpc) is 2.99. The van der Waals surface area contributed by atoms with Gasteiger partial charge in [0.1, 0.15) is 5.82 Å². The second-order valence-electron chi connectivity index (χ2n) is 3.85. The molecule has 2 aromatic heterocycles. The summed E-state index contributed by atoms with van der Waals surface area (Å²) in [7, 11) is 0. The van der Waals surface area contributed by atoms with Crippen LogP contribution in [0.15, 0.2) is 29.9 Å². The summed E-state index contributed by atoms with van der Waals surface area (Å²) in [5.41, 5.74) is 9.61. The van der Waals surface area contributed by atoms with Gasteiger partial charge < -0.3 is 5.73 Å². The van der Waals surface area contributed by atoms with Crippen molar-refractivity contribution in [2.24, 2.45) is 0 Å². The van der Waals surface area contributed by atoms with Crippen molar-refractivity contribution in [3.05, 3.63) is 40.7 Å². The Kier molecular flexibility index (Phi) is 2.96. The number of hydrogen-bond acceptors (Lipinski definition) is 4. The molecule has 0 bridgehead atoms. The van der Waals surface area contributed by atoms with E-state index in [4.69, 9.17) is 17.3 Å². The minimum absolute atomic E-state index is 0.291. The summed E-state index contributed by atoms with van der Waals surface area (Å²) in [5, 5.41) is 7.14. The number of nitrogen functional groups attached to an aromatic ring is 1. The first-order valence-electron chi connectivity index (χ1n) is 5.35. The van der Waals surface area contributed by atoms with Crippen molar-refractivity contribution in [3.8, 4) is 21.7 Å². The minimum atomic E-state index is -0.393. The summed E-state index contributed by atoms with van der Waals surface area (Å²) in [6, 6.07) is 4.17. The fraction of sp³-hybridized carbons (Fsp3) is 0. The van der Waals surface area contributed by atoms with Crippen LogP contribution in [-0.2, 0) is 0 Å². The van der Waals surface area contributed by atoms with E-state index in [0.29, 0.717) is 22.0 Å². The van der Waals surface area contributed by atoms with Crippen LogP contribution < -0.4 is 5.73 Å². The molecule has 2 heterocycles. The summed E-state index contributed by atoms with van der Waals surface area (Å²) in [5.74, 6) is -0.0768. The van der Waals surface area contributed by atoms with E-state index in [9.17, 15) is 4.39 Å². The molecule has 0 radical (unpaired) electrons. The second-order valence-corrected chi connectivity index (χ2v) is 5.14. The van der Waals surface area contributed by atoms with E-state index in [1.165, 1.54) is 23.5 Å². The van der Waals surface area contributed by atoms with Gasteiger partial charge in [0, 0.05) is 11.8 Å². The van der Waals surface area contributed by atoms with Crippen molar-refractivity contribution in [1.29, 1.82) is 0 Å². The molecule has 0 aliphatic carbocycles. The van der Waals surface area contributed by atoms with Gasteiger partial charge in [-0.2, -0.15) is 5.10 Å². The van der Waals surface area contributed by atoms with Gasteiger partial charge in [-0.3, -0.25) is 10.1 Å². The monoisotopic (exact) mass is 294 g/mol. The van der Waals surface area contributed by atoms with Crippen LogP contribution in [0.5, 0.6) is 0 Å². The van der Waals surface area contributed by atoms with Crippen LogP contribution in [-0.4, -0.2) is 15.2 Å². The van der Waals surface area contributed by atoms with E-state index >= 15 is 0 Å². The molecule has 0 spiro atoms. The third-order valence-electron chi connectivity index (χ3n) is 2.67. The molecule has 0 aliphatic heterocycles. The van der Waals surface area contributed by atoms with Gasteiger partial charge in [0.05, 0.1) is 26.7 Å². The average molecular weight is 295 g/mol. The molecule has 0 saturated carbocycles. The zero-order chi connectivity index (χ0) is 13.4. The highest BCUT2D eigenvalue weighted by atomic mass is 35.5. The molecule has 0 unspecified atom stereocenters. The summed E-state index contributed by atoms with van der Waals surface area (Å²) in [6.45, 7) is 0. The number of hydrogen-bond donors (Lipinski definition) is 2. The number of aromatic amines is 1. The molecule has 96 valence electrons. The van der Waals surface area contributed by atoms with E-state index < -0.39 is 5.82 Å². The number of halogens is 2. The zero-order valence-corrected chi connectivity index (χ0v) is 11.1. The van der Waals surface area contributed by atoms with Gasteiger partial charge in [-0.05, 0) is 18.2 Å². The van der Waals surface area contributed by atoms with E-state index in [2.05, 4.69) is 15.2 Å². The van der Waals surface area contributed by atoms with Crippen LogP contribution in [0, 0.1) is 5.82 Å². The highest BCUT2D eigenvalue weighted by Crippen LogP contribution is 2.39. The maximum Gasteiger partial charge on any atom is 0.153 e. The molecule has 3 N–H and O–H groups in total. The molecule has 7 heteroatoms. The Morgan fingerprint density at radius 2 is 2.21 bits per heavy atom. The number of thiazole rings is 1. The number of nitrogens with one attached hydrogen (secondary N) is 1. The highest BCUT2D eigenvalue weighted by Gasteiger charge is 2.18. The van der Waals surface area contributed by atoms with Crippen LogP contribution in [0.1, 0.15) is 0 Å². The standard InChI is InChI=1S/C12H8ClFN4S/c13-8-3-6(14)1-2-7(8)10-11(17-18-12(10)15)9-4-16-5-19-9/h1-5H,(H3,15,17,18). The lowest BCUT2D eigenvalue weighted by Gasteiger charge is -2.05. The Morgan fingerprint density at radius 3 is 2.89 bits per heavy atom. The smallest absolute Gasteiger partial charge is 0.153 e. The number of nitrogens with zero attached hydrogens (tertiary/aromatic N) is 2. The first-order valence-corrected chi connectivity index (χ1v) is 6.60. The zero-order valence-electron chi connectivity index (χ0n) is 9.52. The predicted molar refractivity (Wildman–Crippen MR) is 74.5 cm³/mol. The normalized spacial score (nSPS) is 10.8. The fourth-order valence-electron chi connectivity index (χ4n) is 1.84. The number of nitrogens with two attached hydrogens (primary N) is 1. The quantitative estimate of drug-likeness (QED) is 0.759. The fourth-order valence-corrected chi connectivity index (χ4v) is 2.72. The van der Waals surface area contributed by atoms with Gasteiger partial charge >= 0.3 is 0 Å². The minimum Gasteiger partial charge on any atom is -0.382 e. The first-order chi connectivity index (χ1) is 9.16. The van der Waals surface area contributed by atoms with Crippen molar-refractivity contribution in [1.82, 2.24) is 15.2 Å². The van der Waals surface area contributed by atoms with Crippen molar-refractivity contribution in [2.75, 3.05) is 5.73 Å². The predicted octanol–water partition coefficient (Wildman–Crippen LogP) is 3.57. The lowest BCUT2D eigenvalue weighted by molar-refractivity contribution is 0.628. The lowest BCUT2D eigenvalue weighted by atomic mass is 10.0. The summed E-state index contributed by atoms with van der Waals surface area (Å²) in [6.07, 6.45) is 1.71. The topological polar surface area (TPSA) is 67.6 Å². The van der Waals surface area contributed by atoms with Crippen LogP contribution in [0.2, 0.25) is 5.02 Å². The molecule has 3 aromatic rings. The Morgan fingerprint density at radius 1 is 1.37 bits per heavy atom. The van der Waals surface area contributed by atoms with Gasteiger partial charge in [0.15, 0.2) is 5.82 Å². The van der Waals surface area contributed by atoms with Gasteiger partial charge in [-0.15, -0.1) is 11.3 Å². The molecular weight excluding hydrogens is 287 g/mol. The molecule has 3 rings (SSSR count). The number of rotatable bonds is 2. The number of aromatic nitrogens is 3. The Hall–Kier alpha value is -1.92. The maximum absolute atomic E-state index is 13.1. The SMILES string of the molecule is Nc1n[nH]c(-c2cncs2)c1-c1ccc(F)cc1Cl. The molecule has 19 heavy (non-hydrogen) atoms. The van der Waals surface area contributed by atoms with E-state index in [1.54, 1.807) is 17.8 Å². The van der Waals surface area contributed by atoms with Gasteiger partial charge in [-0.1, -0.05) is 11.6 Å². The van der Waals surface area contributed by atoms with Crippen molar-refractivity contribution < 1.29 is 4.39 Å². The Bertz CT molecular complexity index is 723. The Labute approximate surface area is 117 Å². The lowest BCUT2D eigenvalue weighted by Crippen LogP contribution is -1.90. The van der Waals surface area contributed by atoms with E-state index in [1.807, 2.05) is 0 Å². The van der Waals surface area contributed by atoms with Crippen molar-refractivity contribution >= 4 is 28.8 Å². The largest absolute Gasteiger partial charge is 0.382 e. The van der Waals surface area contributed by atoms with E-state index in [-0.39, 0.29) is 0 Å². The molecule has 4 nitrogen and oxygen atoms in total. The number of H-pyrrole nitrogens is 1. The van der Waals surface area contributed by atoms with Crippen LogP contribution in [0.4, 0.5) is 10.2 Å². The summed E-state index contributed by atoms with van der Waals surface area (Å²) in [4.78, 5) is 4.90. The number of anilines is 1. The third-order valence-corrected chi connectivity index (χ3v) is 3.78. The van der Waals surface area contributed by atoms with Crippen molar-refractivity contribution in [3.63, 3.8) is 0 Å². The number of benzene rings is 1. The third kappa shape index (κ3) is 2.09. The highest BCUT2D eigenvalue weighted by molar-refractivity contribution is 7.13. The van der Waals surface area contributed by atoms with Gasteiger partial charge in [0.25, 0.3) is 0 Å². The van der Waals surface area contributed by atoms with Crippen LogP contribution in [0.25, 0.3) is 21.7 Å². The van der Waals surface area contributed by atoms with Crippen molar-refractivity contribution in [2.45, 2.75) is 0 Å². The molecule has 0 aliphatic rings. The molecule has 0 amide bonds. The molecule has 0 atom stereocenters. The van der Waals surface area contributed by atoms with Crippen LogP contribution >= 0.6 is 22.9 Å². The van der Waals surface area contributed by atoms with E-state index in [0.717, 1.165) is 10.6 Å². The summed E-state index contributed by atoms with van der Waals surface area (Å²) >= 11 is 7.53.